The average Bonchev–Trinajstić information content (AvgIpc) is 3.30. The van der Waals surface area contributed by atoms with Crippen molar-refractivity contribution in [2.75, 3.05) is 44.7 Å². The number of hydrogen-bond donors (Lipinski definition) is 2. The van der Waals surface area contributed by atoms with Crippen molar-refractivity contribution in [2.45, 2.75) is 26.3 Å². The molecule has 5 rings (SSSR count). The average molecular weight is 532 g/mol. The number of benzene rings is 2. The van der Waals surface area contributed by atoms with Crippen molar-refractivity contribution < 1.29 is 14.3 Å². The second-order valence-corrected chi connectivity index (χ2v) is 10.4. The van der Waals surface area contributed by atoms with Crippen LogP contribution in [0.3, 0.4) is 0 Å². The molecule has 0 aliphatic carbocycles. The summed E-state index contributed by atoms with van der Waals surface area (Å²) < 4.78 is 5.40. The predicted octanol–water partition coefficient (Wildman–Crippen LogP) is 4.05. The van der Waals surface area contributed by atoms with Crippen LogP contribution in [-0.4, -0.2) is 66.2 Å². The standard InChI is InChI=1S/C29H33N5O3S/c1-20-7-6-8-22(17-20)27-26(28(36)32-23-9-4-3-5-10-23)21(2)31-29-34(27)24(19-38-29)18-25(35)30-11-12-33-13-15-37-16-14-33/h3-10,17,19,27H,11-16,18H2,1-2H3,(H,30,35)(H,32,36)/t27-/m0/s1. The zero-order chi connectivity index (χ0) is 26.5. The van der Waals surface area contributed by atoms with Gasteiger partial charge >= 0.3 is 0 Å². The van der Waals surface area contributed by atoms with Crippen LogP contribution >= 0.6 is 11.8 Å². The molecule has 9 heteroatoms. The van der Waals surface area contributed by atoms with Gasteiger partial charge in [-0.05, 0) is 37.0 Å². The van der Waals surface area contributed by atoms with Gasteiger partial charge in [-0.3, -0.25) is 14.5 Å². The summed E-state index contributed by atoms with van der Waals surface area (Å²) in [7, 11) is 0. The van der Waals surface area contributed by atoms with Gasteiger partial charge in [-0.1, -0.05) is 59.8 Å². The molecule has 8 nitrogen and oxygen atoms in total. The molecule has 3 aliphatic heterocycles. The van der Waals surface area contributed by atoms with E-state index < -0.39 is 6.04 Å². The number of amidine groups is 1. The highest BCUT2D eigenvalue weighted by Gasteiger charge is 2.40. The number of ether oxygens (including phenoxy) is 1. The van der Waals surface area contributed by atoms with Gasteiger partial charge in [0, 0.05) is 37.6 Å². The molecule has 38 heavy (non-hydrogen) atoms. The Bertz CT molecular complexity index is 1280. The van der Waals surface area contributed by atoms with Crippen LogP contribution in [-0.2, 0) is 14.3 Å². The number of anilines is 1. The van der Waals surface area contributed by atoms with Gasteiger partial charge < -0.3 is 20.3 Å². The fraction of sp³-hybridized carbons (Fsp3) is 0.345. The molecule has 0 spiro atoms. The molecule has 3 aliphatic rings. The van der Waals surface area contributed by atoms with Crippen LogP contribution in [0, 0.1) is 6.92 Å². The minimum Gasteiger partial charge on any atom is -0.379 e. The maximum Gasteiger partial charge on any atom is 0.255 e. The first-order chi connectivity index (χ1) is 18.5. The SMILES string of the molecule is CC1=C(C(=O)Nc2ccccc2)[C@H](c2cccc(C)c2)N2C(CC(=O)NCCN3CCOCC3)=CSC2=N1. The number of carbonyl (C=O) groups excluding carboxylic acids is 2. The molecular formula is C29H33N5O3S. The zero-order valence-corrected chi connectivity index (χ0v) is 22.6. The van der Waals surface area contributed by atoms with E-state index in [4.69, 9.17) is 9.73 Å². The van der Waals surface area contributed by atoms with Crippen LogP contribution < -0.4 is 10.6 Å². The number of nitrogens with one attached hydrogen (secondary N) is 2. The second-order valence-electron chi connectivity index (χ2n) is 9.61. The Morgan fingerprint density at radius 2 is 1.87 bits per heavy atom. The van der Waals surface area contributed by atoms with Crippen molar-refractivity contribution >= 4 is 34.4 Å². The molecule has 0 unspecified atom stereocenters. The van der Waals surface area contributed by atoms with E-state index in [-0.39, 0.29) is 18.2 Å². The molecule has 0 bridgehead atoms. The van der Waals surface area contributed by atoms with E-state index in [1.807, 2.05) is 72.7 Å². The number of para-hydroxylation sites is 1. The van der Waals surface area contributed by atoms with E-state index in [1.54, 1.807) is 0 Å². The minimum absolute atomic E-state index is 0.0455. The quantitative estimate of drug-likeness (QED) is 0.535. The molecule has 1 saturated heterocycles. The van der Waals surface area contributed by atoms with Crippen LogP contribution in [0.5, 0.6) is 0 Å². The maximum atomic E-state index is 13.7. The third-order valence-corrected chi connectivity index (χ3v) is 7.72. The van der Waals surface area contributed by atoms with Gasteiger partial charge in [0.25, 0.3) is 5.91 Å². The second kappa shape index (κ2) is 12.0. The number of allylic oxidation sites excluding steroid dienone is 1. The number of nitrogens with zero attached hydrogens (tertiary/aromatic N) is 3. The summed E-state index contributed by atoms with van der Waals surface area (Å²) in [6.07, 6.45) is 0.212. The lowest BCUT2D eigenvalue weighted by Crippen LogP contribution is -2.42. The lowest BCUT2D eigenvalue weighted by atomic mass is 9.92. The van der Waals surface area contributed by atoms with Crippen molar-refractivity contribution in [1.82, 2.24) is 15.1 Å². The summed E-state index contributed by atoms with van der Waals surface area (Å²) in [5.74, 6) is -0.245. The van der Waals surface area contributed by atoms with E-state index in [0.29, 0.717) is 17.8 Å². The highest BCUT2D eigenvalue weighted by atomic mass is 32.2. The smallest absolute Gasteiger partial charge is 0.255 e. The van der Waals surface area contributed by atoms with Gasteiger partial charge in [0.1, 0.15) is 0 Å². The van der Waals surface area contributed by atoms with Crippen LogP contribution in [0.1, 0.15) is 30.5 Å². The van der Waals surface area contributed by atoms with Gasteiger partial charge in [-0.15, -0.1) is 0 Å². The minimum atomic E-state index is -0.395. The molecule has 2 aromatic rings. The molecular weight excluding hydrogens is 498 g/mol. The summed E-state index contributed by atoms with van der Waals surface area (Å²) in [6, 6.07) is 17.2. The first-order valence-corrected chi connectivity index (χ1v) is 13.8. The van der Waals surface area contributed by atoms with Crippen LogP contribution in [0.15, 0.2) is 82.0 Å². The van der Waals surface area contributed by atoms with E-state index in [0.717, 1.165) is 60.5 Å². The summed E-state index contributed by atoms with van der Waals surface area (Å²) in [4.78, 5) is 35.8. The molecule has 0 aromatic heterocycles. The van der Waals surface area contributed by atoms with Gasteiger partial charge in [-0.25, -0.2) is 4.99 Å². The number of fused-ring (bicyclic) bond motifs is 1. The molecule has 2 aromatic carbocycles. The Labute approximate surface area is 227 Å². The summed E-state index contributed by atoms with van der Waals surface area (Å²) in [6.45, 7) is 8.57. The molecule has 1 fully saturated rings. The number of rotatable bonds is 8. The first kappa shape index (κ1) is 26.2. The van der Waals surface area contributed by atoms with E-state index in [9.17, 15) is 9.59 Å². The Balaban J connectivity index is 1.36. The maximum absolute atomic E-state index is 13.7. The van der Waals surface area contributed by atoms with Crippen LogP contribution in [0.4, 0.5) is 5.69 Å². The van der Waals surface area contributed by atoms with Gasteiger partial charge in [0.05, 0.1) is 36.9 Å². The Kier molecular flexibility index (Phi) is 8.26. The van der Waals surface area contributed by atoms with Crippen LogP contribution in [0.2, 0.25) is 0 Å². The number of carbonyl (C=O) groups is 2. The topological polar surface area (TPSA) is 86.3 Å². The van der Waals surface area contributed by atoms with E-state index in [1.165, 1.54) is 11.8 Å². The van der Waals surface area contributed by atoms with Crippen molar-refractivity contribution in [3.63, 3.8) is 0 Å². The van der Waals surface area contributed by atoms with Crippen molar-refractivity contribution in [3.05, 3.63) is 88.1 Å². The Morgan fingerprint density at radius 3 is 2.63 bits per heavy atom. The number of thioether (sulfide) groups is 1. The summed E-state index contributed by atoms with van der Waals surface area (Å²) in [5, 5.41) is 8.86. The summed E-state index contributed by atoms with van der Waals surface area (Å²) >= 11 is 1.49. The van der Waals surface area contributed by atoms with E-state index >= 15 is 0 Å². The highest BCUT2D eigenvalue weighted by molar-refractivity contribution is 8.16. The fourth-order valence-electron chi connectivity index (χ4n) is 4.94. The number of aliphatic imine (C=N–C) groups is 1. The number of amides is 2. The zero-order valence-electron chi connectivity index (χ0n) is 21.8. The normalized spacial score (nSPS) is 19.5. The number of hydrogen-bond acceptors (Lipinski definition) is 7. The number of aryl methyl sites for hydroxylation is 1. The van der Waals surface area contributed by atoms with Gasteiger partial charge in [0.2, 0.25) is 5.91 Å². The fourth-order valence-corrected chi connectivity index (χ4v) is 5.90. The third kappa shape index (κ3) is 6.01. The molecule has 0 saturated carbocycles. The summed E-state index contributed by atoms with van der Waals surface area (Å²) in [5.41, 5.74) is 4.89. The van der Waals surface area contributed by atoms with Crippen molar-refractivity contribution in [2.24, 2.45) is 4.99 Å². The van der Waals surface area contributed by atoms with E-state index in [2.05, 4.69) is 21.6 Å². The molecule has 2 N–H and O–H groups in total. The third-order valence-electron chi connectivity index (χ3n) is 6.83. The van der Waals surface area contributed by atoms with Gasteiger partial charge in [0.15, 0.2) is 5.17 Å². The largest absolute Gasteiger partial charge is 0.379 e. The molecule has 1 atom stereocenters. The Hall–Kier alpha value is -3.40. The van der Waals surface area contributed by atoms with Gasteiger partial charge in [-0.2, -0.15) is 0 Å². The Morgan fingerprint density at radius 1 is 1.08 bits per heavy atom. The first-order valence-electron chi connectivity index (χ1n) is 12.9. The number of morpholine rings is 1. The highest BCUT2D eigenvalue weighted by Crippen LogP contribution is 2.44. The van der Waals surface area contributed by atoms with Crippen LogP contribution in [0.25, 0.3) is 0 Å². The molecule has 198 valence electrons. The van der Waals surface area contributed by atoms with Crippen molar-refractivity contribution in [3.8, 4) is 0 Å². The van der Waals surface area contributed by atoms with Crippen molar-refractivity contribution in [1.29, 1.82) is 0 Å². The monoisotopic (exact) mass is 531 g/mol. The molecule has 0 radical (unpaired) electrons. The lowest BCUT2D eigenvalue weighted by molar-refractivity contribution is -0.120. The lowest BCUT2D eigenvalue weighted by Gasteiger charge is -2.36. The molecule has 2 amide bonds. The predicted molar refractivity (Wildman–Crippen MR) is 152 cm³/mol. The molecule has 3 heterocycles.